The van der Waals surface area contributed by atoms with E-state index in [-0.39, 0.29) is 12.6 Å². The van der Waals surface area contributed by atoms with Gasteiger partial charge in [-0.15, -0.1) is 0 Å². The second-order valence-electron chi connectivity index (χ2n) is 8.90. The molecule has 1 fully saturated rings. The summed E-state index contributed by atoms with van der Waals surface area (Å²) < 4.78 is 24.2. The standard InChI is InChI=1S/C8H8FNO2.C8H14.C7H16FN.C7H5N.C2H6/c1-5(11)10-6-2-3-7(9)8(12)4-6;1-7-4-3-5-8(2)6-7;1-3-6-9(4-2)7-5-8;8-6-7-4-2-1-3-5-7;1-2/h2-4,12H,1H3,(H,10,11);8H,1,3-6H2,2H3;3-7H2,1-2H3;1-5H;1-2H3. The monoisotopic (exact) mass is 545 g/mol. The predicted octanol–water partition coefficient (Wildman–Crippen LogP) is 8.51. The van der Waals surface area contributed by atoms with Crippen LogP contribution in [-0.4, -0.2) is 42.2 Å². The molecule has 0 aliphatic heterocycles. The summed E-state index contributed by atoms with van der Waals surface area (Å²) in [6.45, 7) is 18.2. The average molecular weight is 546 g/mol. The Balaban J connectivity index is 0. The van der Waals surface area contributed by atoms with E-state index in [0.717, 1.165) is 37.6 Å². The molecule has 3 rings (SSSR count). The van der Waals surface area contributed by atoms with Gasteiger partial charge in [0.15, 0.2) is 11.6 Å². The number of anilines is 1. The van der Waals surface area contributed by atoms with Crippen molar-refractivity contribution in [1.82, 2.24) is 4.90 Å². The number of hydrogen-bond acceptors (Lipinski definition) is 4. The van der Waals surface area contributed by atoms with Crippen LogP contribution in [0.4, 0.5) is 14.5 Å². The highest BCUT2D eigenvalue weighted by atomic mass is 19.1. The molecule has 0 saturated heterocycles. The van der Waals surface area contributed by atoms with Crippen LogP contribution >= 0.6 is 0 Å². The molecule has 2 aromatic rings. The molecule has 39 heavy (non-hydrogen) atoms. The summed E-state index contributed by atoms with van der Waals surface area (Å²) in [5.41, 5.74) is 2.55. The molecular formula is C32H49F2N3O2. The summed E-state index contributed by atoms with van der Waals surface area (Å²) in [7, 11) is 0. The molecule has 0 radical (unpaired) electrons. The molecule has 218 valence electrons. The summed E-state index contributed by atoms with van der Waals surface area (Å²) in [4.78, 5) is 12.6. The van der Waals surface area contributed by atoms with E-state index in [1.165, 1.54) is 44.2 Å². The van der Waals surface area contributed by atoms with Crippen LogP contribution in [0.3, 0.4) is 0 Å². The zero-order valence-electron chi connectivity index (χ0n) is 24.8. The van der Waals surface area contributed by atoms with Crippen molar-refractivity contribution < 1.29 is 18.7 Å². The minimum atomic E-state index is -0.705. The Morgan fingerprint density at radius 2 is 1.82 bits per heavy atom. The molecule has 1 amide bonds. The second kappa shape index (κ2) is 25.1. The molecule has 7 heteroatoms. The first-order valence-electron chi connectivity index (χ1n) is 13.8. The van der Waals surface area contributed by atoms with Gasteiger partial charge < -0.3 is 15.3 Å². The van der Waals surface area contributed by atoms with Gasteiger partial charge in [-0.1, -0.05) is 71.4 Å². The fourth-order valence-electron chi connectivity index (χ4n) is 3.57. The number of phenolic OH excluding ortho intramolecular Hbond substituents is 1. The zero-order chi connectivity index (χ0) is 30.1. The lowest BCUT2D eigenvalue weighted by atomic mass is 9.88. The SMILES string of the molecule is C=C1CCCC(C)C1.CC.CC(=O)Nc1ccc(F)c(O)c1.CCCN(CC)CCF.N#Cc1ccccc1. The number of alkyl halides is 1. The first-order chi connectivity index (χ1) is 18.7. The molecule has 5 nitrogen and oxygen atoms in total. The van der Waals surface area contributed by atoms with Crippen molar-refractivity contribution in [3.8, 4) is 11.8 Å². The van der Waals surface area contributed by atoms with E-state index in [0.29, 0.717) is 17.8 Å². The quantitative estimate of drug-likeness (QED) is 0.357. The Hall–Kier alpha value is -3.24. The molecule has 2 N–H and O–H groups in total. The maximum absolute atomic E-state index is 12.5. The molecule has 0 spiro atoms. The fourth-order valence-corrected chi connectivity index (χ4v) is 3.57. The van der Waals surface area contributed by atoms with Crippen molar-refractivity contribution in [3.63, 3.8) is 0 Å². The molecule has 0 heterocycles. The maximum atomic E-state index is 12.5. The van der Waals surface area contributed by atoms with Crippen molar-refractivity contribution in [3.05, 3.63) is 72.1 Å². The van der Waals surface area contributed by atoms with Gasteiger partial charge in [-0.2, -0.15) is 5.26 Å². The van der Waals surface area contributed by atoms with Crippen LogP contribution < -0.4 is 5.32 Å². The summed E-state index contributed by atoms with van der Waals surface area (Å²) in [5, 5.41) is 19.6. The van der Waals surface area contributed by atoms with Gasteiger partial charge in [0.25, 0.3) is 0 Å². The number of rotatable bonds is 6. The van der Waals surface area contributed by atoms with Gasteiger partial charge in [-0.3, -0.25) is 4.79 Å². The van der Waals surface area contributed by atoms with Gasteiger partial charge in [0.2, 0.25) is 5.91 Å². The van der Waals surface area contributed by atoms with Gasteiger partial charge in [0.1, 0.15) is 6.67 Å². The van der Waals surface area contributed by atoms with Gasteiger partial charge in [-0.05, 0) is 69.0 Å². The lowest BCUT2D eigenvalue weighted by molar-refractivity contribution is -0.114. The number of nitriles is 1. The molecule has 2 aromatic carbocycles. The van der Waals surface area contributed by atoms with Gasteiger partial charge in [0, 0.05) is 25.2 Å². The zero-order valence-corrected chi connectivity index (χ0v) is 24.8. The molecule has 1 unspecified atom stereocenters. The van der Waals surface area contributed by atoms with Crippen molar-refractivity contribution in [2.24, 2.45) is 5.92 Å². The Morgan fingerprint density at radius 1 is 1.18 bits per heavy atom. The highest BCUT2D eigenvalue weighted by molar-refractivity contribution is 5.88. The summed E-state index contributed by atoms with van der Waals surface area (Å²) in [6, 6.07) is 14.8. The summed E-state index contributed by atoms with van der Waals surface area (Å²) in [6.07, 6.45) is 6.47. The summed E-state index contributed by atoms with van der Waals surface area (Å²) in [5.74, 6) is -0.525. The Morgan fingerprint density at radius 3 is 2.21 bits per heavy atom. The Labute approximate surface area is 235 Å². The van der Waals surface area contributed by atoms with E-state index in [1.807, 2.05) is 38.1 Å². The van der Waals surface area contributed by atoms with Crippen LogP contribution in [0.2, 0.25) is 0 Å². The van der Waals surface area contributed by atoms with Gasteiger partial charge in [-0.25, -0.2) is 8.78 Å². The van der Waals surface area contributed by atoms with E-state index in [1.54, 1.807) is 12.1 Å². The van der Waals surface area contributed by atoms with Gasteiger partial charge in [0.05, 0.1) is 11.6 Å². The number of carbonyl (C=O) groups is 1. The van der Waals surface area contributed by atoms with Crippen LogP contribution in [-0.2, 0) is 4.79 Å². The fraction of sp³-hybridized carbons (Fsp3) is 0.500. The number of benzene rings is 2. The number of phenols is 1. The minimum Gasteiger partial charge on any atom is -0.505 e. The number of aromatic hydroxyl groups is 1. The molecular weight excluding hydrogens is 496 g/mol. The Kier molecular flexibility index (Phi) is 24.4. The highest BCUT2D eigenvalue weighted by Gasteiger charge is 2.09. The molecule has 0 aromatic heterocycles. The number of halogens is 2. The number of allylic oxidation sites excluding steroid dienone is 1. The van der Waals surface area contributed by atoms with E-state index < -0.39 is 11.6 Å². The van der Waals surface area contributed by atoms with Crippen molar-refractivity contribution in [2.45, 2.75) is 73.6 Å². The second-order valence-corrected chi connectivity index (χ2v) is 8.90. The van der Waals surface area contributed by atoms with E-state index in [2.05, 4.69) is 37.6 Å². The number of nitrogens with zero attached hydrogens (tertiary/aromatic N) is 2. The molecule has 1 aliphatic carbocycles. The molecule has 0 bridgehead atoms. The van der Waals surface area contributed by atoms with Crippen LogP contribution in [0.15, 0.2) is 60.7 Å². The van der Waals surface area contributed by atoms with E-state index in [4.69, 9.17) is 10.4 Å². The average Bonchev–Trinajstić information content (AvgIpc) is 2.93. The topological polar surface area (TPSA) is 76.4 Å². The summed E-state index contributed by atoms with van der Waals surface area (Å²) >= 11 is 0. The molecule has 1 saturated carbocycles. The van der Waals surface area contributed by atoms with Crippen LogP contribution in [0.1, 0.15) is 79.2 Å². The number of nitrogens with one attached hydrogen (secondary N) is 1. The smallest absolute Gasteiger partial charge is 0.221 e. The van der Waals surface area contributed by atoms with Crippen LogP contribution in [0.25, 0.3) is 0 Å². The molecule has 1 atom stereocenters. The third kappa shape index (κ3) is 21.4. The number of carbonyl (C=O) groups excluding carboxylic acids is 1. The molecule has 1 aliphatic rings. The predicted molar refractivity (Wildman–Crippen MR) is 160 cm³/mol. The lowest BCUT2D eigenvalue weighted by Gasteiger charge is -2.18. The van der Waals surface area contributed by atoms with Crippen LogP contribution in [0, 0.1) is 23.1 Å². The lowest BCUT2D eigenvalue weighted by Crippen LogP contribution is -2.26. The van der Waals surface area contributed by atoms with Crippen molar-refractivity contribution >= 4 is 11.6 Å². The van der Waals surface area contributed by atoms with Gasteiger partial charge >= 0.3 is 0 Å². The highest BCUT2D eigenvalue weighted by Crippen LogP contribution is 2.26. The third-order valence-corrected chi connectivity index (χ3v) is 5.42. The maximum Gasteiger partial charge on any atom is 0.221 e. The first-order valence-corrected chi connectivity index (χ1v) is 13.8. The third-order valence-electron chi connectivity index (χ3n) is 5.42. The number of amides is 1. The normalized spacial score (nSPS) is 13.4. The largest absolute Gasteiger partial charge is 0.505 e. The Bertz CT molecular complexity index is 940. The number of hydrogen-bond donors (Lipinski definition) is 2. The van der Waals surface area contributed by atoms with Crippen molar-refractivity contribution in [2.75, 3.05) is 31.6 Å². The van der Waals surface area contributed by atoms with E-state index in [9.17, 15) is 13.6 Å². The first kappa shape index (κ1) is 37.9. The van der Waals surface area contributed by atoms with Crippen LogP contribution in [0.5, 0.6) is 5.75 Å². The van der Waals surface area contributed by atoms with E-state index >= 15 is 0 Å². The van der Waals surface area contributed by atoms with Crippen molar-refractivity contribution in [1.29, 1.82) is 5.26 Å². The minimum absolute atomic E-state index is 0.214.